The number of anilines is 2. The van der Waals surface area contributed by atoms with E-state index in [1.165, 1.54) is 5.56 Å². The lowest BCUT2D eigenvalue weighted by Gasteiger charge is -2.37. The van der Waals surface area contributed by atoms with E-state index in [0.29, 0.717) is 11.7 Å². The molecule has 128 valence electrons. The van der Waals surface area contributed by atoms with Crippen LogP contribution in [0.15, 0.2) is 18.2 Å². The quantitative estimate of drug-likeness (QED) is 0.576. The molecule has 6 N–H and O–H groups in total. The van der Waals surface area contributed by atoms with Crippen LogP contribution >= 0.6 is 0 Å². The molecule has 1 aromatic rings. The molecule has 0 spiro atoms. The Bertz CT molecular complexity index is 494. The van der Waals surface area contributed by atoms with Gasteiger partial charge in [-0.05, 0) is 18.1 Å². The molecular formula is C17H30N6. The van der Waals surface area contributed by atoms with Gasteiger partial charge in [0.2, 0.25) is 0 Å². The number of para-hydroxylation sites is 1. The molecule has 23 heavy (non-hydrogen) atoms. The Morgan fingerprint density at radius 3 is 2.30 bits per heavy atom. The van der Waals surface area contributed by atoms with Crippen LogP contribution in [0.1, 0.15) is 18.0 Å². The molecule has 0 aliphatic carbocycles. The fourth-order valence-electron chi connectivity index (χ4n) is 3.66. The molecular weight excluding hydrogens is 288 g/mol. The van der Waals surface area contributed by atoms with E-state index in [9.17, 15) is 0 Å². The van der Waals surface area contributed by atoms with Crippen LogP contribution in [0.3, 0.4) is 0 Å². The zero-order valence-electron chi connectivity index (χ0n) is 13.9. The van der Waals surface area contributed by atoms with E-state index in [1.54, 1.807) is 0 Å². The van der Waals surface area contributed by atoms with Crippen LogP contribution in [0.5, 0.6) is 0 Å². The summed E-state index contributed by atoms with van der Waals surface area (Å²) in [4.78, 5) is 5.11. The largest absolute Gasteiger partial charge is 0.397 e. The summed E-state index contributed by atoms with van der Waals surface area (Å²) in [6.07, 6.45) is 1.10. The summed E-state index contributed by atoms with van der Waals surface area (Å²) in [5, 5.41) is 6.85. The normalized spacial score (nSPS) is 22.1. The molecule has 0 radical (unpaired) electrons. The smallest absolute Gasteiger partial charge is 0.0596 e. The van der Waals surface area contributed by atoms with Gasteiger partial charge in [0.1, 0.15) is 0 Å². The molecule has 1 aromatic carbocycles. The van der Waals surface area contributed by atoms with E-state index in [1.807, 2.05) is 12.1 Å². The highest BCUT2D eigenvalue weighted by molar-refractivity contribution is 5.67. The van der Waals surface area contributed by atoms with Gasteiger partial charge in [0, 0.05) is 64.9 Å². The minimum atomic E-state index is 0.357. The Balaban J connectivity index is 1.73. The van der Waals surface area contributed by atoms with Crippen LogP contribution in [-0.4, -0.2) is 68.7 Å². The number of benzene rings is 1. The molecule has 0 aromatic heterocycles. The Labute approximate surface area is 139 Å². The van der Waals surface area contributed by atoms with Crippen LogP contribution in [0.4, 0.5) is 11.4 Å². The topological polar surface area (TPSA) is 82.6 Å². The van der Waals surface area contributed by atoms with Gasteiger partial charge >= 0.3 is 0 Å². The summed E-state index contributed by atoms with van der Waals surface area (Å²) in [5.74, 6) is 0. The number of rotatable bonds is 5. The van der Waals surface area contributed by atoms with Gasteiger partial charge in [0.05, 0.1) is 11.4 Å². The molecule has 2 fully saturated rings. The molecule has 2 aliphatic rings. The van der Waals surface area contributed by atoms with Gasteiger partial charge < -0.3 is 27.0 Å². The summed E-state index contributed by atoms with van der Waals surface area (Å²) >= 11 is 0. The number of hydrogen-bond acceptors (Lipinski definition) is 6. The maximum atomic E-state index is 6.31. The van der Waals surface area contributed by atoms with Crippen molar-refractivity contribution in [2.75, 3.05) is 70.4 Å². The molecule has 2 aliphatic heterocycles. The molecule has 0 amide bonds. The van der Waals surface area contributed by atoms with Crippen molar-refractivity contribution in [2.45, 2.75) is 12.5 Å². The first kappa shape index (κ1) is 16.5. The fraction of sp³-hybridized carbons (Fsp3) is 0.647. The average molecular weight is 318 g/mol. The Kier molecular flexibility index (Phi) is 5.72. The molecule has 0 bridgehead atoms. The lowest BCUT2D eigenvalue weighted by atomic mass is 9.98. The lowest BCUT2D eigenvalue weighted by molar-refractivity contribution is 0.143. The van der Waals surface area contributed by atoms with Gasteiger partial charge in [-0.2, -0.15) is 0 Å². The highest BCUT2D eigenvalue weighted by atomic mass is 15.2. The van der Waals surface area contributed by atoms with Crippen LogP contribution in [0.25, 0.3) is 0 Å². The van der Waals surface area contributed by atoms with E-state index in [-0.39, 0.29) is 0 Å². The SMILES string of the molecule is Nc1cccc(C(CCN2CCNCC2)N2CCNCC2)c1N. The van der Waals surface area contributed by atoms with Crippen molar-refractivity contribution >= 4 is 11.4 Å². The van der Waals surface area contributed by atoms with Crippen molar-refractivity contribution < 1.29 is 0 Å². The molecule has 1 atom stereocenters. The molecule has 0 saturated carbocycles. The summed E-state index contributed by atoms with van der Waals surface area (Å²) < 4.78 is 0. The number of piperazine rings is 2. The molecule has 2 heterocycles. The third kappa shape index (κ3) is 4.14. The van der Waals surface area contributed by atoms with Gasteiger partial charge in [0.15, 0.2) is 0 Å². The molecule has 6 heteroatoms. The van der Waals surface area contributed by atoms with Crippen molar-refractivity contribution in [2.24, 2.45) is 0 Å². The number of nitrogens with zero attached hydrogens (tertiary/aromatic N) is 2. The van der Waals surface area contributed by atoms with E-state index < -0.39 is 0 Å². The Morgan fingerprint density at radius 2 is 1.61 bits per heavy atom. The van der Waals surface area contributed by atoms with Gasteiger partial charge in [-0.15, -0.1) is 0 Å². The van der Waals surface area contributed by atoms with Gasteiger partial charge in [-0.25, -0.2) is 0 Å². The number of hydrogen-bond donors (Lipinski definition) is 4. The van der Waals surface area contributed by atoms with E-state index >= 15 is 0 Å². The summed E-state index contributed by atoms with van der Waals surface area (Å²) in [7, 11) is 0. The average Bonchev–Trinajstić information content (AvgIpc) is 2.60. The van der Waals surface area contributed by atoms with Gasteiger partial charge in [-0.3, -0.25) is 4.90 Å². The molecule has 1 unspecified atom stereocenters. The maximum Gasteiger partial charge on any atom is 0.0596 e. The standard InChI is InChI=1S/C17H30N6/c18-15-3-1-2-14(17(15)19)16(23-12-7-21-8-13-23)4-9-22-10-5-20-6-11-22/h1-3,16,20-21H,4-13,18-19H2. The van der Waals surface area contributed by atoms with Crippen LogP contribution in [0, 0.1) is 0 Å². The summed E-state index contributed by atoms with van der Waals surface area (Å²) in [6.45, 7) is 9.82. The predicted molar refractivity (Wildman–Crippen MR) is 96.4 cm³/mol. The van der Waals surface area contributed by atoms with Crippen molar-refractivity contribution in [3.8, 4) is 0 Å². The highest BCUT2D eigenvalue weighted by Crippen LogP contribution is 2.32. The number of nitrogens with two attached hydrogens (primary N) is 2. The highest BCUT2D eigenvalue weighted by Gasteiger charge is 2.25. The van der Waals surface area contributed by atoms with Crippen LogP contribution in [-0.2, 0) is 0 Å². The van der Waals surface area contributed by atoms with E-state index in [4.69, 9.17) is 11.5 Å². The summed E-state index contributed by atoms with van der Waals surface area (Å²) in [6, 6.07) is 6.43. The van der Waals surface area contributed by atoms with Crippen molar-refractivity contribution in [1.29, 1.82) is 0 Å². The van der Waals surface area contributed by atoms with E-state index in [0.717, 1.165) is 71.0 Å². The van der Waals surface area contributed by atoms with Crippen molar-refractivity contribution in [1.82, 2.24) is 20.4 Å². The fourth-order valence-corrected chi connectivity index (χ4v) is 3.66. The monoisotopic (exact) mass is 318 g/mol. The van der Waals surface area contributed by atoms with Gasteiger partial charge in [0.25, 0.3) is 0 Å². The van der Waals surface area contributed by atoms with Crippen LogP contribution < -0.4 is 22.1 Å². The summed E-state index contributed by atoms with van der Waals surface area (Å²) in [5.41, 5.74) is 15.0. The Hall–Kier alpha value is -1.34. The maximum absolute atomic E-state index is 6.31. The first-order valence-electron chi connectivity index (χ1n) is 8.77. The second-order valence-corrected chi connectivity index (χ2v) is 6.53. The first-order valence-corrected chi connectivity index (χ1v) is 8.77. The minimum Gasteiger partial charge on any atom is -0.397 e. The first-order chi connectivity index (χ1) is 11.3. The second-order valence-electron chi connectivity index (χ2n) is 6.53. The zero-order valence-corrected chi connectivity index (χ0v) is 13.9. The zero-order chi connectivity index (χ0) is 16.1. The third-order valence-corrected chi connectivity index (χ3v) is 5.05. The van der Waals surface area contributed by atoms with E-state index in [2.05, 4.69) is 26.5 Å². The van der Waals surface area contributed by atoms with Crippen molar-refractivity contribution in [3.05, 3.63) is 23.8 Å². The van der Waals surface area contributed by atoms with Crippen LogP contribution in [0.2, 0.25) is 0 Å². The molecule has 2 saturated heterocycles. The van der Waals surface area contributed by atoms with Gasteiger partial charge in [-0.1, -0.05) is 12.1 Å². The van der Waals surface area contributed by atoms with Crippen molar-refractivity contribution in [3.63, 3.8) is 0 Å². The Morgan fingerprint density at radius 1 is 0.957 bits per heavy atom. The number of nitrogen functional groups attached to an aromatic ring is 2. The molecule has 3 rings (SSSR count). The predicted octanol–water partition coefficient (Wildman–Crippen LogP) is 0.0926. The number of nitrogens with one attached hydrogen (secondary N) is 2. The third-order valence-electron chi connectivity index (χ3n) is 5.05. The minimum absolute atomic E-state index is 0.357. The molecule has 6 nitrogen and oxygen atoms in total. The lowest BCUT2D eigenvalue weighted by Crippen LogP contribution is -2.47. The second kappa shape index (κ2) is 7.97.